The molecule has 26 heavy (non-hydrogen) atoms. The van der Waals surface area contributed by atoms with Gasteiger partial charge >= 0.3 is 6.61 Å². The van der Waals surface area contributed by atoms with Crippen LogP contribution in [-0.2, 0) is 17.8 Å². The predicted molar refractivity (Wildman–Crippen MR) is 93.8 cm³/mol. The number of nitrogens with zero attached hydrogens (tertiary/aromatic N) is 1. The number of benzene rings is 1. The second-order valence-electron chi connectivity index (χ2n) is 6.06. The summed E-state index contributed by atoms with van der Waals surface area (Å²) < 4.78 is 35.3. The minimum atomic E-state index is -2.93. The number of hydrogen-bond acceptors (Lipinski definition) is 4. The van der Waals surface area contributed by atoms with Gasteiger partial charge in [0.15, 0.2) is 0 Å². The fourth-order valence-electron chi connectivity index (χ4n) is 2.52. The molecule has 1 aliphatic rings. The van der Waals surface area contributed by atoms with Crippen molar-refractivity contribution in [2.75, 3.05) is 0 Å². The third-order valence-electron chi connectivity index (χ3n) is 4.03. The molecule has 0 aliphatic heterocycles. The summed E-state index contributed by atoms with van der Waals surface area (Å²) in [4.78, 5) is 3.87. The number of pyridine rings is 1. The van der Waals surface area contributed by atoms with Gasteiger partial charge in [0.05, 0.1) is 28.9 Å². The molecular formula is C18H17Cl2F2NO3. The van der Waals surface area contributed by atoms with Crippen molar-refractivity contribution in [2.45, 2.75) is 44.7 Å². The molecule has 0 bridgehead atoms. The Morgan fingerprint density at radius 3 is 2.50 bits per heavy atom. The van der Waals surface area contributed by atoms with E-state index < -0.39 is 12.7 Å². The zero-order chi connectivity index (χ0) is 18.7. The summed E-state index contributed by atoms with van der Waals surface area (Å²) in [5, 5.41) is 11.2. The molecule has 140 valence electrons. The minimum Gasteiger partial charge on any atom is -0.434 e. The van der Waals surface area contributed by atoms with Gasteiger partial charge in [0, 0.05) is 24.4 Å². The van der Waals surface area contributed by atoms with Crippen LogP contribution >= 0.6 is 23.2 Å². The van der Waals surface area contributed by atoms with Crippen LogP contribution < -0.4 is 4.74 Å². The number of aliphatic hydroxyl groups is 1. The number of alkyl halides is 2. The van der Waals surface area contributed by atoms with Gasteiger partial charge in [-0.25, -0.2) is 0 Å². The molecule has 1 fully saturated rings. The van der Waals surface area contributed by atoms with E-state index in [2.05, 4.69) is 9.72 Å². The number of rotatable bonds is 8. The molecule has 0 saturated heterocycles. The monoisotopic (exact) mass is 403 g/mol. The Hall–Kier alpha value is -1.47. The van der Waals surface area contributed by atoms with Crippen molar-refractivity contribution < 1.29 is 23.4 Å². The molecule has 1 saturated carbocycles. The summed E-state index contributed by atoms with van der Waals surface area (Å²) in [6.45, 7) is -2.79. The third-order valence-corrected chi connectivity index (χ3v) is 4.69. The molecule has 1 N–H and O–H groups in total. The first kappa shape index (κ1) is 19.3. The highest BCUT2D eigenvalue weighted by Crippen LogP contribution is 2.32. The maximum atomic E-state index is 12.6. The molecule has 0 radical (unpaired) electrons. The molecule has 4 nitrogen and oxygen atoms in total. The van der Waals surface area contributed by atoms with Gasteiger partial charge < -0.3 is 14.6 Å². The number of halogens is 4. The Bertz CT molecular complexity index is 752. The van der Waals surface area contributed by atoms with Crippen LogP contribution in [0.3, 0.4) is 0 Å². The fourth-order valence-corrected chi connectivity index (χ4v) is 3.04. The smallest absolute Gasteiger partial charge is 0.387 e. The lowest BCUT2D eigenvalue weighted by Crippen LogP contribution is -2.08. The van der Waals surface area contributed by atoms with E-state index in [1.165, 1.54) is 24.5 Å². The molecule has 8 heteroatoms. The lowest BCUT2D eigenvalue weighted by atomic mass is 10.00. The summed E-state index contributed by atoms with van der Waals surface area (Å²) >= 11 is 12.2. The molecule has 1 aliphatic carbocycles. The first-order valence-corrected chi connectivity index (χ1v) is 8.85. The van der Waals surface area contributed by atoms with E-state index in [-0.39, 0.29) is 24.9 Å². The summed E-state index contributed by atoms with van der Waals surface area (Å²) in [6, 6.07) is 4.55. The van der Waals surface area contributed by atoms with Gasteiger partial charge in [0.25, 0.3) is 0 Å². The maximum absolute atomic E-state index is 12.6. The maximum Gasteiger partial charge on any atom is 0.387 e. The van der Waals surface area contributed by atoms with Gasteiger partial charge in [-0.3, -0.25) is 4.98 Å². The van der Waals surface area contributed by atoms with Crippen molar-refractivity contribution in [1.82, 2.24) is 4.98 Å². The van der Waals surface area contributed by atoms with E-state index in [0.29, 0.717) is 26.7 Å². The zero-order valence-electron chi connectivity index (χ0n) is 13.7. The average molecular weight is 404 g/mol. The van der Waals surface area contributed by atoms with E-state index >= 15 is 0 Å². The highest BCUT2D eigenvalue weighted by atomic mass is 35.5. The van der Waals surface area contributed by atoms with Crippen molar-refractivity contribution in [3.05, 3.63) is 57.3 Å². The minimum absolute atomic E-state index is 0.0385. The first-order chi connectivity index (χ1) is 12.4. The van der Waals surface area contributed by atoms with E-state index in [1.54, 1.807) is 6.07 Å². The molecule has 1 heterocycles. The first-order valence-electron chi connectivity index (χ1n) is 8.09. The summed E-state index contributed by atoms with van der Waals surface area (Å²) in [5.74, 6) is 0.0385. The van der Waals surface area contributed by atoms with Gasteiger partial charge in [0.2, 0.25) is 0 Å². The van der Waals surface area contributed by atoms with Crippen molar-refractivity contribution in [2.24, 2.45) is 0 Å². The van der Waals surface area contributed by atoms with Crippen molar-refractivity contribution >= 4 is 23.2 Å². The van der Waals surface area contributed by atoms with Crippen LogP contribution in [0.5, 0.6) is 5.75 Å². The number of hydrogen-bond donors (Lipinski definition) is 1. The van der Waals surface area contributed by atoms with Crippen LogP contribution in [0, 0.1) is 0 Å². The fraction of sp³-hybridized carbons (Fsp3) is 0.389. The Balaban J connectivity index is 1.80. The number of aromatic nitrogens is 1. The summed E-state index contributed by atoms with van der Waals surface area (Å²) in [7, 11) is 0. The normalized spacial score (nSPS) is 15.3. The Labute approximate surface area is 159 Å². The van der Waals surface area contributed by atoms with Gasteiger partial charge in [0.1, 0.15) is 5.75 Å². The van der Waals surface area contributed by atoms with E-state index in [0.717, 1.165) is 12.8 Å². The van der Waals surface area contributed by atoms with Gasteiger partial charge in [-0.05, 0) is 36.1 Å². The van der Waals surface area contributed by atoms with Crippen molar-refractivity contribution in [3.63, 3.8) is 0 Å². The highest BCUT2D eigenvalue weighted by molar-refractivity contribution is 6.35. The van der Waals surface area contributed by atoms with Crippen LogP contribution in [0.4, 0.5) is 8.78 Å². The summed E-state index contributed by atoms with van der Waals surface area (Å²) in [5.41, 5.74) is 1.56. The Morgan fingerprint density at radius 1 is 1.19 bits per heavy atom. The van der Waals surface area contributed by atoms with Crippen LogP contribution in [0.25, 0.3) is 0 Å². The lowest BCUT2D eigenvalue weighted by Gasteiger charge is -2.17. The molecule has 1 aromatic heterocycles. The van der Waals surface area contributed by atoms with Gasteiger partial charge in [-0.15, -0.1) is 0 Å². The van der Waals surface area contributed by atoms with E-state index in [4.69, 9.17) is 27.9 Å². The van der Waals surface area contributed by atoms with Crippen LogP contribution in [0.15, 0.2) is 30.6 Å². The molecule has 1 atom stereocenters. The van der Waals surface area contributed by atoms with E-state index in [1.807, 2.05) is 0 Å². The highest BCUT2D eigenvalue weighted by Gasteiger charge is 2.23. The van der Waals surface area contributed by atoms with Gasteiger partial charge in [-0.2, -0.15) is 8.78 Å². The average Bonchev–Trinajstić information content (AvgIpc) is 3.41. The van der Waals surface area contributed by atoms with E-state index in [9.17, 15) is 13.9 Å². The Kier molecular flexibility index (Phi) is 6.29. The molecule has 0 spiro atoms. The molecule has 3 rings (SSSR count). The summed E-state index contributed by atoms with van der Waals surface area (Å²) in [6.07, 6.45) is 4.23. The molecular weight excluding hydrogens is 387 g/mol. The second kappa shape index (κ2) is 8.48. The molecule has 1 aromatic carbocycles. The largest absolute Gasteiger partial charge is 0.434 e. The molecule has 0 unspecified atom stereocenters. The van der Waals surface area contributed by atoms with Crippen molar-refractivity contribution in [3.8, 4) is 5.75 Å². The van der Waals surface area contributed by atoms with Crippen LogP contribution in [0.2, 0.25) is 10.0 Å². The topological polar surface area (TPSA) is 51.6 Å². The lowest BCUT2D eigenvalue weighted by molar-refractivity contribution is -0.0515. The quantitative estimate of drug-likeness (QED) is 0.677. The van der Waals surface area contributed by atoms with Crippen LogP contribution in [-0.4, -0.2) is 22.8 Å². The second-order valence-corrected chi connectivity index (χ2v) is 6.87. The molecule has 0 amide bonds. The predicted octanol–water partition coefficient (Wildman–Crippen LogP) is 4.94. The SMILES string of the molecule is O[C@@H](Cc1c(Cl)cncc1Cl)c1ccc(OC(F)F)c(COC2CC2)c1. The van der Waals surface area contributed by atoms with Crippen LogP contribution in [0.1, 0.15) is 35.6 Å². The molecule has 2 aromatic rings. The standard InChI is InChI=1S/C18H17Cl2F2NO3/c19-14-7-23-8-15(20)13(14)6-16(24)10-1-4-17(26-18(21)22)11(5-10)9-25-12-2-3-12/h1,4-5,7-8,12,16,18,24H,2-3,6,9H2/t16-/m0/s1. The number of aliphatic hydroxyl groups excluding tert-OH is 1. The zero-order valence-corrected chi connectivity index (χ0v) is 15.2. The third kappa shape index (κ3) is 5.04. The number of ether oxygens (including phenoxy) is 2. The van der Waals surface area contributed by atoms with Gasteiger partial charge in [-0.1, -0.05) is 29.3 Å². The Morgan fingerprint density at radius 2 is 1.88 bits per heavy atom. The van der Waals surface area contributed by atoms with Crippen molar-refractivity contribution in [1.29, 1.82) is 0 Å².